The lowest BCUT2D eigenvalue weighted by molar-refractivity contribution is -0.122. The van der Waals surface area contributed by atoms with Crippen LogP contribution in [0.25, 0.3) is 0 Å². The number of nitrogens with zero attached hydrogens (tertiary/aromatic N) is 1. The average molecular weight is 370 g/mol. The molecule has 1 fully saturated rings. The molecule has 1 saturated carbocycles. The predicted molar refractivity (Wildman–Crippen MR) is 97.4 cm³/mol. The molecule has 1 aromatic carbocycles. The molecule has 5 nitrogen and oxygen atoms in total. The highest BCUT2D eigenvalue weighted by Crippen LogP contribution is 2.24. The van der Waals surface area contributed by atoms with E-state index in [0.717, 1.165) is 23.4 Å². The van der Waals surface area contributed by atoms with Crippen molar-refractivity contribution in [3.63, 3.8) is 0 Å². The average Bonchev–Trinajstić information content (AvgIpc) is 2.58. The van der Waals surface area contributed by atoms with Gasteiger partial charge in [-0.05, 0) is 49.4 Å². The van der Waals surface area contributed by atoms with Gasteiger partial charge in [0.05, 0.1) is 11.9 Å². The highest BCUT2D eigenvalue weighted by molar-refractivity contribution is 7.92. The molecular formula is C18H27FN2O3S. The summed E-state index contributed by atoms with van der Waals surface area (Å²) in [6.07, 6.45) is 7.21. The van der Waals surface area contributed by atoms with Gasteiger partial charge in [-0.2, -0.15) is 0 Å². The van der Waals surface area contributed by atoms with Crippen molar-refractivity contribution in [2.24, 2.45) is 5.92 Å². The largest absolute Gasteiger partial charge is 0.354 e. The number of anilines is 1. The van der Waals surface area contributed by atoms with E-state index in [0.29, 0.717) is 24.6 Å². The fourth-order valence-electron chi connectivity index (χ4n) is 3.40. The first-order valence-electron chi connectivity index (χ1n) is 8.85. The number of hydrogen-bond acceptors (Lipinski definition) is 3. The minimum atomic E-state index is -3.68. The monoisotopic (exact) mass is 370 g/mol. The van der Waals surface area contributed by atoms with Gasteiger partial charge in [0, 0.05) is 6.54 Å². The first kappa shape index (κ1) is 19.7. The van der Waals surface area contributed by atoms with Gasteiger partial charge in [-0.25, -0.2) is 12.8 Å². The van der Waals surface area contributed by atoms with Crippen molar-refractivity contribution in [1.29, 1.82) is 0 Å². The summed E-state index contributed by atoms with van der Waals surface area (Å²) in [5.41, 5.74) is 0.295. The molecule has 140 valence electrons. The molecule has 0 bridgehead atoms. The van der Waals surface area contributed by atoms with E-state index < -0.39 is 21.9 Å². The van der Waals surface area contributed by atoms with Crippen LogP contribution in [0.1, 0.15) is 45.4 Å². The first-order chi connectivity index (χ1) is 11.8. The summed E-state index contributed by atoms with van der Waals surface area (Å²) in [5, 5.41) is 2.92. The van der Waals surface area contributed by atoms with Crippen LogP contribution in [0.5, 0.6) is 0 Å². The van der Waals surface area contributed by atoms with Gasteiger partial charge in [-0.3, -0.25) is 9.10 Å². The van der Waals surface area contributed by atoms with Crippen LogP contribution < -0.4 is 9.62 Å². The van der Waals surface area contributed by atoms with Crippen LogP contribution in [0.2, 0.25) is 0 Å². The van der Waals surface area contributed by atoms with E-state index in [2.05, 4.69) is 5.32 Å². The van der Waals surface area contributed by atoms with E-state index in [9.17, 15) is 17.6 Å². The molecule has 1 amide bonds. The molecule has 25 heavy (non-hydrogen) atoms. The Morgan fingerprint density at radius 2 is 1.84 bits per heavy atom. The van der Waals surface area contributed by atoms with E-state index >= 15 is 0 Å². The lowest BCUT2D eigenvalue weighted by Gasteiger charge is -2.31. The molecule has 0 saturated heterocycles. The molecule has 1 aromatic rings. The van der Waals surface area contributed by atoms with Crippen molar-refractivity contribution < 1.29 is 17.6 Å². The van der Waals surface area contributed by atoms with Gasteiger partial charge in [-0.1, -0.05) is 26.2 Å². The Balaban J connectivity index is 2.15. The summed E-state index contributed by atoms with van der Waals surface area (Å²) in [7, 11) is -3.68. The third-order valence-corrected chi connectivity index (χ3v) is 5.88. The number of sulfonamides is 1. The quantitative estimate of drug-likeness (QED) is 0.802. The highest BCUT2D eigenvalue weighted by Gasteiger charge is 2.31. The molecule has 0 unspecified atom stereocenters. The zero-order valence-electron chi connectivity index (χ0n) is 14.9. The molecule has 2 rings (SSSR count). The molecule has 0 aliphatic heterocycles. The SMILES string of the molecule is CC[C@H](C(=O)NCC1CCCCC1)N(c1ccc(F)cc1)S(C)(=O)=O. The van der Waals surface area contributed by atoms with Gasteiger partial charge in [0.25, 0.3) is 0 Å². The Labute approximate surface area is 149 Å². The number of carbonyl (C=O) groups excluding carboxylic acids is 1. The molecule has 0 spiro atoms. The van der Waals surface area contributed by atoms with Crippen molar-refractivity contribution in [3.8, 4) is 0 Å². The van der Waals surface area contributed by atoms with Crippen molar-refractivity contribution in [2.75, 3.05) is 17.1 Å². The maximum Gasteiger partial charge on any atom is 0.243 e. The number of halogens is 1. The fourth-order valence-corrected chi connectivity index (χ4v) is 4.61. The zero-order chi connectivity index (χ0) is 18.4. The maximum absolute atomic E-state index is 13.2. The van der Waals surface area contributed by atoms with E-state index in [1.54, 1.807) is 6.92 Å². The molecule has 1 atom stereocenters. The smallest absolute Gasteiger partial charge is 0.243 e. The maximum atomic E-state index is 13.2. The van der Waals surface area contributed by atoms with Crippen LogP contribution in [-0.2, 0) is 14.8 Å². The van der Waals surface area contributed by atoms with Crippen LogP contribution >= 0.6 is 0 Å². The van der Waals surface area contributed by atoms with E-state index in [-0.39, 0.29) is 5.91 Å². The van der Waals surface area contributed by atoms with Crippen LogP contribution in [-0.4, -0.2) is 33.2 Å². The van der Waals surface area contributed by atoms with Crippen LogP contribution in [0.15, 0.2) is 24.3 Å². The predicted octanol–water partition coefficient (Wildman–Crippen LogP) is 3.07. The van der Waals surface area contributed by atoms with E-state index in [1.165, 1.54) is 43.5 Å². The van der Waals surface area contributed by atoms with Crippen LogP contribution in [0.4, 0.5) is 10.1 Å². The highest BCUT2D eigenvalue weighted by atomic mass is 32.2. The molecule has 0 heterocycles. The van der Waals surface area contributed by atoms with Crippen molar-refractivity contribution in [2.45, 2.75) is 51.5 Å². The van der Waals surface area contributed by atoms with Gasteiger partial charge >= 0.3 is 0 Å². The summed E-state index contributed by atoms with van der Waals surface area (Å²) < 4.78 is 38.8. The van der Waals surface area contributed by atoms with Crippen molar-refractivity contribution in [3.05, 3.63) is 30.1 Å². The lowest BCUT2D eigenvalue weighted by atomic mass is 9.89. The molecule has 0 aromatic heterocycles. The molecular weight excluding hydrogens is 343 g/mol. The Morgan fingerprint density at radius 1 is 1.24 bits per heavy atom. The van der Waals surface area contributed by atoms with Gasteiger partial charge in [0.2, 0.25) is 15.9 Å². The summed E-state index contributed by atoms with van der Waals surface area (Å²) in [6.45, 7) is 2.35. The first-order valence-corrected chi connectivity index (χ1v) is 10.7. The summed E-state index contributed by atoms with van der Waals surface area (Å²) in [6, 6.07) is 4.31. The van der Waals surface area contributed by atoms with Gasteiger partial charge < -0.3 is 5.32 Å². The topological polar surface area (TPSA) is 66.5 Å². The van der Waals surface area contributed by atoms with Crippen molar-refractivity contribution in [1.82, 2.24) is 5.32 Å². The Morgan fingerprint density at radius 3 is 2.36 bits per heavy atom. The van der Waals surface area contributed by atoms with E-state index in [4.69, 9.17) is 0 Å². The number of hydrogen-bond donors (Lipinski definition) is 1. The number of benzene rings is 1. The van der Waals surface area contributed by atoms with Gasteiger partial charge in [0.1, 0.15) is 11.9 Å². The Kier molecular flexibility index (Phi) is 6.81. The molecule has 0 radical (unpaired) electrons. The summed E-state index contributed by atoms with van der Waals surface area (Å²) >= 11 is 0. The third-order valence-electron chi connectivity index (χ3n) is 4.70. The fraction of sp³-hybridized carbons (Fsp3) is 0.611. The number of amides is 1. The van der Waals surface area contributed by atoms with Crippen LogP contribution in [0, 0.1) is 11.7 Å². The number of rotatable bonds is 7. The molecule has 1 aliphatic rings. The van der Waals surface area contributed by atoms with Gasteiger partial charge in [0.15, 0.2) is 0 Å². The molecule has 1 aliphatic carbocycles. The minimum absolute atomic E-state index is 0.295. The third kappa shape index (κ3) is 5.42. The number of nitrogens with one attached hydrogen (secondary N) is 1. The second-order valence-corrected chi connectivity index (χ2v) is 8.57. The Bertz CT molecular complexity index is 670. The Hall–Kier alpha value is -1.63. The molecule has 7 heteroatoms. The lowest BCUT2D eigenvalue weighted by Crippen LogP contribution is -2.50. The minimum Gasteiger partial charge on any atom is -0.354 e. The van der Waals surface area contributed by atoms with Crippen LogP contribution in [0.3, 0.4) is 0 Å². The standard InChI is InChI=1S/C18H27FN2O3S/c1-3-17(18(22)20-13-14-7-5-4-6-8-14)21(25(2,23)24)16-11-9-15(19)10-12-16/h9-12,14,17H,3-8,13H2,1-2H3,(H,20,22)/t17-/m1/s1. The summed E-state index contributed by atoms with van der Waals surface area (Å²) in [5.74, 6) is -0.289. The number of carbonyl (C=O) groups is 1. The second kappa shape index (κ2) is 8.65. The van der Waals surface area contributed by atoms with E-state index in [1.807, 2.05) is 0 Å². The summed E-state index contributed by atoms with van der Waals surface area (Å²) in [4.78, 5) is 12.7. The normalized spacial score (nSPS) is 17.1. The van der Waals surface area contributed by atoms with Gasteiger partial charge in [-0.15, -0.1) is 0 Å². The van der Waals surface area contributed by atoms with Crippen molar-refractivity contribution >= 4 is 21.6 Å². The zero-order valence-corrected chi connectivity index (χ0v) is 15.7. The molecule has 1 N–H and O–H groups in total. The second-order valence-electron chi connectivity index (χ2n) is 6.71.